The number of cyclic esters (lactones) is 1. The first kappa shape index (κ1) is 11.0. The highest BCUT2D eigenvalue weighted by atomic mass is 16.5. The van der Waals surface area contributed by atoms with Gasteiger partial charge in [0.2, 0.25) is 0 Å². The summed E-state index contributed by atoms with van der Waals surface area (Å²) in [5.41, 5.74) is 0.505. The summed E-state index contributed by atoms with van der Waals surface area (Å²) >= 11 is 0. The van der Waals surface area contributed by atoms with E-state index in [1.165, 1.54) is 12.8 Å². The molecule has 2 nitrogen and oxygen atoms in total. The Morgan fingerprint density at radius 2 is 2.13 bits per heavy atom. The fraction of sp³-hybridized carbons (Fsp3) is 0.923. The summed E-state index contributed by atoms with van der Waals surface area (Å²) < 4.78 is 5.54. The van der Waals surface area contributed by atoms with E-state index in [0.29, 0.717) is 11.8 Å². The lowest BCUT2D eigenvalue weighted by Crippen LogP contribution is -2.40. The van der Waals surface area contributed by atoms with E-state index >= 15 is 0 Å². The Balaban J connectivity index is 2.05. The van der Waals surface area contributed by atoms with Gasteiger partial charge in [-0.1, -0.05) is 27.2 Å². The maximum absolute atomic E-state index is 11.6. The van der Waals surface area contributed by atoms with Gasteiger partial charge < -0.3 is 4.74 Å². The van der Waals surface area contributed by atoms with Crippen LogP contribution in [0.4, 0.5) is 0 Å². The van der Waals surface area contributed by atoms with E-state index in [2.05, 4.69) is 20.8 Å². The molecule has 1 saturated heterocycles. The van der Waals surface area contributed by atoms with E-state index in [1.54, 1.807) is 0 Å². The molecule has 1 aliphatic heterocycles. The Morgan fingerprint density at radius 1 is 1.47 bits per heavy atom. The third kappa shape index (κ3) is 2.19. The number of ether oxygens (including phenoxy) is 1. The molecule has 0 bridgehead atoms. The fourth-order valence-corrected chi connectivity index (χ4v) is 2.81. The van der Waals surface area contributed by atoms with Crippen LogP contribution >= 0.6 is 0 Å². The largest absolute Gasteiger partial charge is 0.462 e. The zero-order valence-corrected chi connectivity index (χ0v) is 10.1. The smallest absolute Gasteiger partial charge is 0.306 e. The van der Waals surface area contributed by atoms with Crippen molar-refractivity contribution in [1.29, 1.82) is 0 Å². The van der Waals surface area contributed by atoms with Crippen LogP contribution in [0, 0.1) is 10.8 Å². The monoisotopic (exact) mass is 210 g/mol. The van der Waals surface area contributed by atoms with E-state index in [-0.39, 0.29) is 17.5 Å². The average Bonchev–Trinajstić information content (AvgIpc) is 2.83. The molecule has 86 valence electrons. The fourth-order valence-electron chi connectivity index (χ4n) is 2.81. The van der Waals surface area contributed by atoms with Crippen molar-refractivity contribution in [3.8, 4) is 0 Å². The molecule has 2 heteroatoms. The second kappa shape index (κ2) is 3.50. The molecule has 1 spiro atoms. The summed E-state index contributed by atoms with van der Waals surface area (Å²) in [6.07, 6.45) is 6.70. The molecule has 0 aromatic rings. The molecule has 0 aromatic heterocycles. The average molecular weight is 210 g/mol. The van der Waals surface area contributed by atoms with Crippen molar-refractivity contribution < 1.29 is 9.53 Å². The van der Waals surface area contributed by atoms with Crippen LogP contribution in [0.1, 0.15) is 59.3 Å². The van der Waals surface area contributed by atoms with E-state index < -0.39 is 0 Å². The van der Waals surface area contributed by atoms with E-state index in [0.717, 1.165) is 19.3 Å². The van der Waals surface area contributed by atoms with Gasteiger partial charge in [-0.15, -0.1) is 0 Å². The van der Waals surface area contributed by atoms with Gasteiger partial charge in [-0.05, 0) is 31.1 Å². The first-order valence-corrected chi connectivity index (χ1v) is 6.17. The third-order valence-corrected chi connectivity index (χ3v) is 4.13. The SMILES string of the molecule is CCCC(C)(C)C1CC2(CC2)CC(=O)O1. The van der Waals surface area contributed by atoms with E-state index in [1.807, 2.05) is 0 Å². The first-order valence-electron chi connectivity index (χ1n) is 6.17. The molecular weight excluding hydrogens is 188 g/mol. The minimum atomic E-state index is 0.0351. The second-order valence-electron chi connectivity index (χ2n) is 6.10. The van der Waals surface area contributed by atoms with Crippen LogP contribution in [0.2, 0.25) is 0 Å². The normalized spacial score (nSPS) is 29.0. The Hall–Kier alpha value is -0.530. The number of hydrogen-bond acceptors (Lipinski definition) is 2. The van der Waals surface area contributed by atoms with Gasteiger partial charge in [-0.2, -0.15) is 0 Å². The Kier molecular flexibility index (Phi) is 2.56. The molecule has 15 heavy (non-hydrogen) atoms. The Labute approximate surface area is 92.4 Å². The van der Waals surface area contributed by atoms with Crippen molar-refractivity contribution in [1.82, 2.24) is 0 Å². The summed E-state index contributed by atoms with van der Waals surface area (Å²) in [7, 11) is 0. The first-order chi connectivity index (χ1) is 6.97. The number of carbonyl (C=O) groups excluding carboxylic acids is 1. The molecule has 1 heterocycles. The van der Waals surface area contributed by atoms with Crippen molar-refractivity contribution in [3.63, 3.8) is 0 Å². The van der Waals surface area contributed by atoms with E-state index in [4.69, 9.17) is 4.74 Å². The van der Waals surface area contributed by atoms with Gasteiger partial charge >= 0.3 is 5.97 Å². The highest BCUT2D eigenvalue weighted by molar-refractivity contribution is 5.72. The molecular formula is C13H22O2. The van der Waals surface area contributed by atoms with Crippen molar-refractivity contribution in [2.75, 3.05) is 0 Å². The number of hydrogen-bond donors (Lipinski definition) is 0. The Morgan fingerprint density at radius 3 is 2.67 bits per heavy atom. The Bertz CT molecular complexity index is 264. The standard InChI is InChI=1S/C13H22O2/c1-4-5-12(2,3)10-8-13(6-7-13)9-11(14)15-10/h10H,4-9H2,1-3H3. The maximum Gasteiger partial charge on any atom is 0.306 e. The lowest BCUT2D eigenvalue weighted by atomic mass is 9.75. The lowest BCUT2D eigenvalue weighted by Gasteiger charge is -2.39. The molecule has 1 aliphatic carbocycles. The van der Waals surface area contributed by atoms with Crippen LogP contribution in [-0.4, -0.2) is 12.1 Å². The number of rotatable bonds is 3. The van der Waals surface area contributed by atoms with Crippen LogP contribution in [0.25, 0.3) is 0 Å². The summed E-state index contributed by atoms with van der Waals surface area (Å²) in [6, 6.07) is 0. The summed E-state index contributed by atoms with van der Waals surface area (Å²) in [5, 5.41) is 0. The van der Waals surface area contributed by atoms with Gasteiger partial charge in [-0.25, -0.2) is 0 Å². The molecule has 2 rings (SSSR count). The van der Waals surface area contributed by atoms with Gasteiger partial charge in [0.1, 0.15) is 6.10 Å². The second-order valence-corrected chi connectivity index (χ2v) is 6.10. The zero-order valence-electron chi connectivity index (χ0n) is 10.1. The highest BCUT2D eigenvalue weighted by Gasteiger charge is 2.52. The summed E-state index contributed by atoms with van der Waals surface area (Å²) in [5.74, 6) is 0.0351. The third-order valence-electron chi connectivity index (χ3n) is 4.13. The topological polar surface area (TPSA) is 26.3 Å². The van der Waals surface area contributed by atoms with Crippen molar-refractivity contribution in [2.24, 2.45) is 10.8 Å². The van der Waals surface area contributed by atoms with Crippen LogP contribution < -0.4 is 0 Å². The van der Waals surface area contributed by atoms with Gasteiger partial charge in [0.15, 0.2) is 0 Å². The van der Waals surface area contributed by atoms with Gasteiger partial charge in [-0.3, -0.25) is 4.79 Å². The molecule has 1 unspecified atom stereocenters. The predicted molar refractivity (Wildman–Crippen MR) is 59.5 cm³/mol. The van der Waals surface area contributed by atoms with Crippen LogP contribution in [0.15, 0.2) is 0 Å². The highest BCUT2D eigenvalue weighted by Crippen LogP contribution is 2.57. The molecule has 0 N–H and O–H groups in total. The van der Waals surface area contributed by atoms with Crippen LogP contribution in [0.5, 0.6) is 0 Å². The van der Waals surface area contributed by atoms with Crippen LogP contribution in [0.3, 0.4) is 0 Å². The number of esters is 1. The number of carbonyl (C=O) groups is 1. The quantitative estimate of drug-likeness (QED) is 0.668. The minimum Gasteiger partial charge on any atom is -0.462 e. The summed E-state index contributed by atoms with van der Waals surface area (Å²) in [6.45, 7) is 6.66. The maximum atomic E-state index is 11.6. The van der Waals surface area contributed by atoms with Crippen molar-refractivity contribution in [2.45, 2.75) is 65.4 Å². The molecule has 1 atom stereocenters. The van der Waals surface area contributed by atoms with Gasteiger partial charge in [0.05, 0.1) is 6.42 Å². The molecule has 0 aromatic carbocycles. The summed E-state index contributed by atoms with van der Waals surface area (Å²) in [4.78, 5) is 11.6. The van der Waals surface area contributed by atoms with Gasteiger partial charge in [0, 0.05) is 5.41 Å². The molecule has 2 aliphatic rings. The minimum absolute atomic E-state index is 0.0351. The molecule has 0 radical (unpaired) electrons. The molecule has 2 fully saturated rings. The van der Waals surface area contributed by atoms with Crippen molar-refractivity contribution in [3.05, 3.63) is 0 Å². The van der Waals surface area contributed by atoms with Gasteiger partial charge in [0.25, 0.3) is 0 Å². The zero-order chi connectivity index (χ0) is 11.1. The van der Waals surface area contributed by atoms with Crippen molar-refractivity contribution >= 4 is 5.97 Å². The van der Waals surface area contributed by atoms with E-state index in [9.17, 15) is 4.79 Å². The lowest BCUT2D eigenvalue weighted by molar-refractivity contribution is -0.167. The molecule has 1 saturated carbocycles. The van der Waals surface area contributed by atoms with Crippen LogP contribution in [-0.2, 0) is 9.53 Å². The predicted octanol–water partition coefficient (Wildman–Crippen LogP) is 3.30. The molecule has 0 amide bonds.